The molecule has 0 atom stereocenters. The molecule has 1 aromatic carbocycles. The summed E-state index contributed by atoms with van der Waals surface area (Å²) < 4.78 is 17.2. The summed E-state index contributed by atoms with van der Waals surface area (Å²) in [6.07, 6.45) is 7.28. The second-order valence-corrected chi connectivity index (χ2v) is 9.24. The molecule has 2 aliphatic rings. The van der Waals surface area contributed by atoms with Crippen LogP contribution in [0.1, 0.15) is 18.4 Å². The summed E-state index contributed by atoms with van der Waals surface area (Å²) >= 11 is 0. The zero-order chi connectivity index (χ0) is 25.0. The molecule has 1 N–H and O–H groups in total. The lowest BCUT2D eigenvalue weighted by molar-refractivity contribution is 0.0255. The highest BCUT2D eigenvalue weighted by atomic mass is 16.5. The summed E-state index contributed by atoms with van der Waals surface area (Å²) in [4.78, 5) is 23.8. The summed E-state index contributed by atoms with van der Waals surface area (Å²) in [5.41, 5.74) is 5.50. The van der Waals surface area contributed by atoms with E-state index in [9.17, 15) is 0 Å². The van der Waals surface area contributed by atoms with E-state index in [1.54, 1.807) is 13.4 Å². The first-order chi connectivity index (χ1) is 18.3. The molecule has 0 spiro atoms. The van der Waals surface area contributed by atoms with Crippen molar-refractivity contribution in [2.75, 3.05) is 51.5 Å². The zero-order valence-electron chi connectivity index (χ0n) is 20.9. The molecule has 3 aromatic heterocycles. The van der Waals surface area contributed by atoms with Crippen molar-refractivity contribution in [1.29, 1.82) is 0 Å². The predicted molar refractivity (Wildman–Crippen MR) is 144 cm³/mol. The second kappa shape index (κ2) is 10.7. The Kier molecular flexibility index (Phi) is 6.79. The first-order valence-corrected chi connectivity index (χ1v) is 12.7. The molecule has 9 nitrogen and oxygen atoms in total. The molecular weight excluding hydrogens is 468 g/mol. The molecule has 4 aromatic rings. The van der Waals surface area contributed by atoms with Crippen LogP contribution in [0.2, 0.25) is 0 Å². The maximum atomic E-state index is 6.31. The first-order valence-electron chi connectivity index (χ1n) is 12.7. The molecule has 190 valence electrons. The highest BCUT2D eigenvalue weighted by molar-refractivity contribution is 5.95. The molecule has 0 amide bonds. The molecule has 0 aliphatic carbocycles. The number of benzene rings is 1. The number of pyridine rings is 1. The number of ether oxygens (including phenoxy) is 3. The van der Waals surface area contributed by atoms with Crippen molar-refractivity contribution < 1.29 is 14.2 Å². The van der Waals surface area contributed by atoms with Crippen LogP contribution in [-0.4, -0.2) is 78.8 Å². The molecule has 9 heteroatoms. The predicted octanol–water partition coefficient (Wildman–Crippen LogP) is 4.13. The van der Waals surface area contributed by atoms with Crippen LogP contribution in [0.15, 0.2) is 53.9 Å². The van der Waals surface area contributed by atoms with Gasteiger partial charge >= 0.3 is 0 Å². The highest BCUT2D eigenvalue weighted by Crippen LogP contribution is 2.33. The van der Waals surface area contributed by atoms with Crippen LogP contribution in [0.3, 0.4) is 0 Å². The average molecular weight is 499 g/mol. The third-order valence-electron chi connectivity index (χ3n) is 6.83. The number of hydrogen-bond acceptors (Lipinski definition) is 8. The van der Waals surface area contributed by atoms with E-state index in [2.05, 4.69) is 55.2 Å². The fourth-order valence-electron chi connectivity index (χ4n) is 4.87. The van der Waals surface area contributed by atoms with E-state index in [0.717, 1.165) is 103 Å². The van der Waals surface area contributed by atoms with Crippen LogP contribution in [-0.2, 0) is 9.47 Å². The number of fused-ring (bicyclic) bond motifs is 1. The lowest BCUT2D eigenvalue weighted by Gasteiger charge is -2.27. The zero-order valence-corrected chi connectivity index (χ0v) is 20.9. The largest absolute Gasteiger partial charge is 0.490 e. The minimum absolute atomic E-state index is 0.157. The first kappa shape index (κ1) is 23.6. The smallest absolute Gasteiger partial charge is 0.141 e. The number of morpholine rings is 1. The van der Waals surface area contributed by atoms with Crippen molar-refractivity contribution in [3.63, 3.8) is 0 Å². The van der Waals surface area contributed by atoms with Crippen LogP contribution in [0.5, 0.6) is 5.75 Å². The van der Waals surface area contributed by atoms with Gasteiger partial charge in [0.1, 0.15) is 29.6 Å². The van der Waals surface area contributed by atoms with Crippen LogP contribution in [0.25, 0.3) is 33.5 Å². The number of aromatic amines is 1. The van der Waals surface area contributed by atoms with Crippen LogP contribution in [0, 0.1) is 0 Å². The number of hydrogen-bond donors (Lipinski definition) is 1. The van der Waals surface area contributed by atoms with Crippen molar-refractivity contribution in [2.24, 2.45) is 4.99 Å². The van der Waals surface area contributed by atoms with E-state index < -0.39 is 0 Å². The van der Waals surface area contributed by atoms with Gasteiger partial charge in [-0.05, 0) is 36.4 Å². The average Bonchev–Trinajstić information content (AvgIpc) is 3.40. The topological polar surface area (TPSA) is 97.8 Å². The second-order valence-electron chi connectivity index (χ2n) is 9.24. The van der Waals surface area contributed by atoms with Crippen molar-refractivity contribution in [3.05, 3.63) is 54.5 Å². The molecule has 2 saturated heterocycles. The van der Waals surface area contributed by atoms with Gasteiger partial charge in [0.2, 0.25) is 0 Å². The summed E-state index contributed by atoms with van der Waals surface area (Å²) in [5, 5.41) is 0.951. The number of rotatable bonds is 6. The maximum Gasteiger partial charge on any atom is 0.141 e. The van der Waals surface area contributed by atoms with Gasteiger partial charge < -0.3 is 24.1 Å². The van der Waals surface area contributed by atoms with Gasteiger partial charge in [0.15, 0.2) is 0 Å². The fourth-order valence-corrected chi connectivity index (χ4v) is 4.87. The van der Waals surface area contributed by atoms with Crippen molar-refractivity contribution in [2.45, 2.75) is 18.9 Å². The van der Waals surface area contributed by atoms with E-state index in [1.165, 1.54) is 0 Å². The van der Waals surface area contributed by atoms with Gasteiger partial charge in [-0.1, -0.05) is 0 Å². The van der Waals surface area contributed by atoms with E-state index in [4.69, 9.17) is 19.2 Å². The number of nitrogens with zero attached hydrogens (tertiary/aromatic N) is 5. The summed E-state index contributed by atoms with van der Waals surface area (Å²) in [5.74, 6) is 1.80. The lowest BCUT2D eigenvalue weighted by Crippen LogP contribution is -2.36. The highest BCUT2D eigenvalue weighted by Gasteiger charge is 2.18. The Morgan fingerprint density at radius 1 is 0.973 bits per heavy atom. The van der Waals surface area contributed by atoms with E-state index in [0.29, 0.717) is 0 Å². The quantitative estimate of drug-likeness (QED) is 0.399. The van der Waals surface area contributed by atoms with Crippen LogP contribution in [0.4, 0.5) is 5.82 Å². The Bertz CT molecular complexity index is 1390. The minimum Gasteiger partial charge on any atom is -0.490 e. The molecular formula is C28H30N6O3. The third kappa shape index (κ3) is 5.05. The molecule has 0 radical (unpaired) electrons. The standard InChI is InChI=1S/C28H30N6O3/c1-29-16-21-14-19(2-4-25(21)37-22-6-10-35-11-7-22)27-23-15-24(33-28(23)32-18-31-27)20-3-5-26(30-17-20)34-8-12-36-13-9-34/h2-5,14-18,22H,6-13H2,1H3,(H,31,32,33). The van der Waals surface area contributed by atoms with Gasteiger partial charge in [-0.25, -0.2) is 15.0 Å². The summed E-state index contributed by atoms with van der Waals surface area (Å²) in [7, 11) is 1.77. The van der Waals surface area contributed by atoms with E-state index in [-0.39, 0.29) is 6.10 Å². The Labute approximate surface area is 215 Å². The van der Waals surface area contributed by atoms with Crippen molar-refractivity contribution >= 4 is 23.1 Å². The Hall–Kier alpha value is -3.82. The van der Waals surface area contributed by atoms with Gasteiger partial charge in [-0.15, -0.1) is 0 Å². The number of nitrogens with one attached hydrogen (secondary N) is 1. The lowest BCUT2D eigenvalue weighted by atomic mass is 10.0. The number of aliphatic imine (C=N–C) groups is 1. The van der Waals surface area contributed by atoms with Gasteiger partial charge in [-0.3, -0.25) is 4.99 Å². The fraction of sp³-hybridized carbons (Fsp3) is 0.357. The molecule has 0 unspecified atom stereocenters. The van der Waals surface area contributed by atoms with Crippen molar-refractivity contribution in [1.82, 2.24) is 19.9 Å². The Balaban J connectivity index is 1.30. The molecule has 0 saturated carbocycles. The summed E-state index contributed by atoms with van der Waals surface area (Å²) in [6.45, 7) is 4.67. The van der Waals surface area contributed by atoms with Gasteiger partial charge in [-0.2, -0.15) is 0 Å². The number of anilines is 1. The van der Waals surface area contributed by atoms with Crippen LogP contribution < -0.4 is 9.64 Å². The molecule has 37 heavy (non-hydrogen) atoms. The molecule has 5 heterocycles. The molecule has 2 aliphatic heterocycles. The normalized spacial score (nSPS) is 17.1. The van der Waals surface area contributed by atoms with Gasteiger partial charge in [0, 0.05) is 73.2 Å². The van der Waals surface area contributed by atoms with Gasteiger partial charge in [0.25, 0.3) is 0 Å². The SMILES string of the molecule is CN=Cc1cc(-c2ncnc3[nH]c(-c4ccc(N5CCOCC5)nc4)cc23)ccc1OC1CCOCC1. The Morgan fingerprint density at radius 2 is 1.78 bits per heavy atom. The molecule has 2 fully saturated rings. The number of aromatic nitrogens is 4. The number of H-pyrrole nitrogens is 1. The monoisotopic (exact) mass is 498 g/mol. The van der Waals surface area contributed by atoms with Crippen molar-refractivity contribution in [3.8, 4) is 28.3 Å². The Morgan fingerprint density at radius 3 is 2.57 bits per heavy atom. The van der Waals surface area contributed by atoms with Gasteiger partial charge in [0.05, 0.1) is 32.1 Å². The minimum atomic E-state index is 0.157. The van der Waals surface area contributed by atoms with E-state index in [1.807, 2.05) is 18.5 Å². The van der Waals surface area contributed by atoms with Crippen LogP contribution >= 0.6 is 0 Å². The van der Waals surface area contributed by atoms with E-state index >= 15 is 0 Å². The molecule has 6 rings (SSSR count). The summed E-state index contributed by atoms with van der Waals surface area (Å²) in [6, 6.07) is 12.4. The molecule has 0 bridgehead atoms. The maximum absolute atomic E-state index is 6.31. The third-order valence-corrected chi connectivity index (χ3v) is 6.83.